The molecule has 1 aliphatic heterocycles. The Morgan fingerprint density at radius 1 is 1.62 bits per heavy atom. The molecule has 1 heterocycles. The summed E-state index contributed by atoms with van der Waals surface area (Å²) < 4.78 is 5.12. The van der Waals surface area contributed by atoms with Crippen molar-refractivity contribution in [1.29, 1.82) is 0 Å². The van der Waals surface area contributed by atoms with Gasteiger partial charge in [0.25, 0.3) is 0 Å². The lowest BCUT2D eigenvalue weighted by atomic mass is 10.3. The van der Waals surface area contributed by atoms with Gasteiger partial charge in [-0.2, -0.15) is 0 Å². The number of nitrogens with zero attached hydrogens (tertiary/aromatic N) is 1. The van der Waals surface area contributed by atoms with Gasteiger partial charge >= 0.3 is 5.97 Å². The molecule has 0 aromatic heterocycles. The molecule has 1 rings (SSSR count). The first-order valence-electron chi connectivity index (χ1n) is 4.27. The second-order valence-corrected chi connectivity index (χ2v) is 2.94. The minimum absolute atomic E-state index is 0.0150. The molecular weight excluding hydrogens is 174 g/mol. The van der Waals surface area contributed by atoms with Crippen LogP contribution in [0.5, 0.6) is 0 Å². The number of hydrogen-bond donors (Lipinski definition) is 1. The first-order chi connectivity index (χ1) is 6.20. The maximum absolute atomic E-state index is 11.3. The Morgan fingerprint density at radius 2 is 2.38 bits per heavy atom. The zero-order chi connectivity index (χ0) is 9.68. The third-order valence-electron chi connectivity index (χ3n) is 1.87. The summed E-state index contributed by atoms with van der Waals surface area (Å²) in [5.41, 5.74) is 0. The Morgan fingerprint density at radius 3 is 3.08 bits per heavy atom. The fraction of sp³-hybridized carbons (Fsp3) is 0.750. The monoisotopic (exact) mass is 187 g/mol. The van der Waals surface area contributed by atoms with Gasteiger partial charge in [-0.15, -0.1) is 0 Å². The van der Waals surface area contributed by atoms with Crippen LogP contribution in [0.2, 0.25) is 0 Å². The predicted octanol–water partition coefficient (Wildman–Crippen LogP) is 0.0576. The average Bonchev–Trinajstić information content (AvgIpc) is 2.27. The van der Waals surface area contributed by atoms with Gasteiger partial charge in [0.05, 0.1) is 6.42 Å². The molecule has 0 spiro atoms. The second kappa shape index (κ2) is 4.81. The minimum atomic E-state index is -0.892. The van der Waals surface area contributed by atoms with Crippen LogP contribution in [0, 0.1) is 0 Å². The minimum Gasteiger partial charge on any atom is -0.481 e. The topological polar surface area (TPSA) is 66.8 Å². The van der Waals surface area contributed by atoms with E-state index in [1.54, 1.807) is 0 Å². The van der Waals surface area contributed by atoms with E-state index in [0.29, 0.717) is 13.0 Å². The lowest BCUT2D eigenvalue weighted by Crippen LogP contribution is -2.33. The van der Waals surface area contributed by atoms with Crippen molar-refractivity contribution in [2.24, 2.45) is 0 Å². The number of ether oxygens (including phenoxy) is 1. The molecule has 1 aliphatic rings. The highest BCUT2D eigenvalue weighted by molar-refractivity contribution is 5.77. The lowest BCUT2D eigenvalue weighted by Gasteiger charge is -2.18. The Hall–Kier alpha value is -1.10. The summed E-state index contributed by atoms with van der Waals surface area (Å²) in [6.07, 6.45) is 1.16. The molecule has 1 N–H and O–H groups in total. The third-order valence-corrected chi connectivity index (χ3v) is 1.87. The van der Waals surface area contributed by atoms with Crippen LogP contribution in [-0.2, 0) is 14.3 Å². The van der Waals surface area contributed by atoms with Crippen molar-refractivity contribution in [3.63, 3.8) is 0 Å². The highest BCUT2D eigenvalue weighted by Gasteiger charge is 2.17. The average molecular weight is 187 g/mol. The lowest BCUT2D eigenvalue weighted by molar-refractivity contribution is -0.139. The number of carbonyl (C=O) groups is 2. The van der Waals surface area contributed by atoms with Crippen molar-refractivity contribution in [3.05, 3.63) is 0 Å². The number of rotatable bonds is 3. The van der Waals surface area contributed by atoms with E-state index in [2.05, 4.69) is 0 Å². The molecule has 74 valence electrons. The van der Waals surface area contributed by atoms with E-state index < -0.39 is 5.97 Å². The molecule has 0 atom stereocenters. The molecule has 0 saturated carbocycles. The Labute approximate surface area is 76.3 Å². The molecule has 0 aliphatic carbocycles. The molecule has 1 fully saturated rings. The largest absolute Gasteiger partial charge is 0.481 e. The van der Waals surface area contributed by atoms with Gasteiger partial charge in [0.1, 0.15) is 6.73 Å². The van der Waals surface area contributed by atoms with Gasteiger partial charge < -0.3 is 14.7 Å². The van der Waals surface area contributed by atoms with E-state index in [4.69, 9.17) is 9.84 Å². The highest BCUT2D eigenvalue weighted by atomic mass is 16.5. The molecule has 0 aromatic rings. The fourth-order valence-corrected chi connectivity index (χ4v) is 1.15. The summed E-state index contributed by atoms with van der Waals surface area (Å²) in [7, 11) is 0. The van der Waals surface area contributed by atoms with Crippen LogP contribution in [0.1, 0.15) is 19.3 Å². The van der Waals surface area contributed by atoms with E-state index in [-0.39, 0.29) is 25.6 Å². The van der Waals surface area contributed by atoms with Crippen molar-refractivity contribution in [2.45, 2.75) is 19.3 Å². The van der Waals surface area contributed by atoms with E-state index in [1.807, 2.05) is 0 Å². The number of aliphatic carboxylic acids is 1. The van der Waals surface area contributed by atoms with Crippen molar-refractivity contribution in [3.8, 4) is 0 Å². The van der Waals surface area contributed by atoms with Crippen LogP contribution in [0.15, 0.2) is 0 Å². The molecule has 5 heteroatoms. The number of carbonyl (C=O) groups excluding carboxylic acids is 1. The molecule has 1 amide bonds. The summed E-state index contributed by atoms with van der Waals surface area (Å²) in [6.45, 7) is 1.05. The Kier molecular flexibility index (Phi) is 3.70. The standard InChI is InChI=1S/C8H13NO4/c10-7-2-1-5-13-6-9(7)4-3-8(11)12/h1-6H2,(H,11,12). The molecule has 0 bridgehead atoms. The van der Waals surface area contributed by atoms with E-state index in [1.165, 1.54) is 4.90 Å². The number of amides is 1. The molecule has 13 heavy (non-hydrogen) atoms. The van der Waals surface area contributed by atoms with Gasteiger partial charge in [-0.05, 0) is 6.42 Å². The van der Waals surface area contributed by atoms with E-state index in [9.17, 15) is 9.59 Å². The predicted molar refractivity (Wildman–Crippen MR) is 44.0 cm³/mol. The molecule has 0 unspecified atom stereocenters. The molecular formula is C8H13NO4. The van der Waals surface area contributed by atoms with Crippen LogP contribution >= 0.6 is 0 Å². The van der Waals surface area contributed by atoms with Crippen LogP contribution < -0.4 is 0 Å². The fourth-order valence-electron chi connectivity index (χ4n) is 1.15. The molecule has 1 saturated heterocycles. The van der Waals surface area contributed by atoms with Crippen molar-refractivity contribution in [2.75, 3.05) is 19.9 Å². The van der Waals surface area contributed by atoms with Gasteiger partial charge in [-0.3, -0.25) is 9.59 Å². The maximum atomic E-state index is 11.3. The maximum Gasteiger partial charge on any atom is 0.305 e. The zero-order valence-corrected chi connectivity index (χ0v) is 7.36. The summed E-state index contributed by atoms with van der Waals surface area (Å²) in [5, 5.41) is 8.42. The molecule has 5 nitrogen and oxygen atoms in total. The van der Waals surface area contributed by atoms with Crippen LogP contribution in [0.25, 0.3) is 0 Å². The first-order valence-corrected chi connectivity index (χ1v) is 4.27. The van der Waals surface area contributed by atoms with Gasteiger partial charge in [0, 0.05) is 19.6 Å². The quantitative estimate of drug-likeness (QED) is 0.678. The van der Waals surface area contributed by atoms with Gasteiger partial charge in [0.15, 0.2) is 0 Å². The number of hydrogen-bond acceptors (Lipinski definition) is 3. The van der Waals surface area contributed by atoms with Crippen LogP contribution in [0.3, 0.4) is 0 Å². The SMILES string of the molecule is O=C(O)CCN1COCCCC1=O. The van der Waals surface area contributed by atoms with Crippen molar-refractivity contribution in [1.82, 2.24) is 4.90 Å². The summed E-state index contributed by atoms with van der Waals surface area (Å²) >= 11 is 0. The van der Waals surface area contributed by atoms with Gasteiger partial charge in [-0.25, -0.2) is 0 Å². The van der Waals surface area contributed by atoms with Crippen LogP contribution in [-0.4, -0.2) is 41.8 Å². The van der Waals surface area contributed by atoms with Crippen molar-refractivity contribution < 1.29 is 19.4 Å². The summed E-state index contributed by atoms with van der Waals surface area (Å²) in [5.74, 6) is -0.907. The molecule has 0 aromatic carbocycles. The Balaban J connectivity index is 2.36. The summed E-state index contributed by atoms with van der Waals surface area (Å²) in [6, 6.07) is 0. The number of carboxylic acid groups (broad SMARTS) is 1. The van der Waals surface area contributed by atoms with Gasteiger partial charge in [-0.1, -0.05) is 0 Å². The summed E-state index contributed by atoms with van der Waals surface area (Å²) in [4.78, 5) is 23.0. The smallest absolute Gasteiger partial charge is 0.305 e. The van der Waals surface area contributed by atoms with Gasteiger partial charge in [0.2, 0.25) is 5.91 Å². The normalized spacial score (nSPS) is 18.5. The number of carboxylic acids is 1. The molecule has 0 radical (unpaired) electrons. The highest BCUT2D eigenvalue weighted by Crippen LogP contribution is 2.05. The van der Waals surface area contributed by atoms with Crippen molar-refractivity contribution >= 4 is 11.9 Å². The van der Waals surface area contributed by atoms with Crippen LogP contribution in [0.4, 0.5) is 0 Å². The van der Waals surface area contributed by atoms with E-state index >= 15 is 0 Å². The Bertz CT molecular complexity index is 204. The van der Waals surface area contributed by atoms with E-state index in [0.717, 1.165) is 6.42 Å². The third kappa shape index (κ3) is 3.42. The second-order valence-electron chi connectivity index (χ2n) is 2.94. The zero-order valence-electron chi connectivity index (χ0n) is 7.36. The first kappa shape index (κ1) is 9.98.